The number of hydrogen-bond acceptors (Lipinski definition) is 2. The van der Waals surface area contributed by atoms with Crippen LogP contribution in [0.2, 0.25) is 0 Å². The molecule has 2 N–H and O–H groups in total. The summed E-state index contributed by atoms with van der Waals surface area (Å²) in [5, 5.41) is 0. The molecule has 0 spiro atoms. The molecule has 0 radical (unpaired) electrons. The topological polar surface area (TPSA) is 46.3 Å². The summed E-state index contributed by atoms with van der Waals surface area (Å²) in [6, 6.07) is 0.716. The molecular weight excluding hydrogens is 188 g/mol. The minimum Gasteiger partial charge on any atom is -0.337 e. The molecular formula is C12H18N2O. The smallest absolute Gasteiger partial charge is 0.224 e. The van der Waals surface area contributed by atoms with Crippen LogP contribution in [0.3, 0.4) is 0 Å². The fourth-order valence-corrected chi connectivity index (χ4v) is 4.74. The van der Waals surface area contributed by atoms with Crippen molar-refractivity contribution >= 4 is 5.91 Å². The summed E-state index contributed by atoms with van der Waals surface area (Å²) in [5.74, 6) is 3.97. The largest absolute Gasteiger partial charge is 0.337 e. The molecule has 2 bridgehead atoms. The normalized spacial score (nSPS) is 56.3. The van der Waals surface area contributed by atoms with Crippen molar-refractivity contribution in [3.05, 3.63) is 0 Å². The van der Waals surface area contributed by atoms with Crippen LogP contribution in [0.15, 0.2) is 0 Å². The van der Waals surface area contributed by atoms with Gasteiger partial charge in [-0.05, 0) is 42.9 Å². The van der Waals surface area contributed by atoms with Gasteiger partial charge < -0.3 is 10.6 Å². The Morgan fingerprint density at radius 3 is 2.40 bits per heavy atom. The highest BCUT2D eigenvalue weighted by Gasteiger charge is 2.67. The molecule has 0 aromatic rings. The SMILES string of the molecule is NC1CC(=O)N(C2C3C4CCC(C4)C32)C1. The van der Waals surface area contributed by atoms with E-state index in [1.165, 1.54) is 19.3 Å². The van der Waals surface area contributed by atoms with Gasteiger partial charge in [0.05, 0.1) is 0 Å². The van der Waals surface area contributed by atoms with Crippen LogP contribution in [-0.2, 0) is 4.79 Å². The number of amides is 1. The summed E-state index contributed by atoms with van der Waals surface area (Å²) in [5.41, 5.74) is 5.85. The Bertz CT molecular complexity index is 314. The van der Waals surface area contributed by atoms with E-state index in [0.29, 0.717) is 18.4 Å². The van der Waals surface area contributed by atoms with E-state index in [1.54, 1.807) is 0 Å². The Balaban J connectivity index is 1.55. The summed E-state index contributed by atoms with van der Waals surface area (Å²) in [4.78, 5) is 13.9. The first-order valence-corrected chi connectivity index (χ1v) is 6.31. The highest BCUT2D eigenvalue weighted by atomic mass is 16.2. The number of nitrogens with two attached hydrogens (primary N) is 1. The molecule has 1 aliphatic heterocycles. The number of rotatable bonds is 1. The average Bonchev–Trinajstić information content (AvgIpc) is 2.57. The lowest BCUT2D eigenvalue weighted by molar-refractivity contribution is -0.128. The molecule has 3 aliphatic carbocycles. The Morgan fingerprint density at radius 2 is 1.87 bits per heavy atom. The second-order valence-electron chi connectivity index (χ2n) is 5.99. The van der Waals surface area contributed by atoms with Crippen LogP contribution in [0.1, 0.15) is 25.7 Å². The lowest BCUT2D eigenvalue weighted by Crippen LogP contribution is -2.33. The number of fused-ring (bicyclic) bond motifs is 5. The quantitative estimate of drug-likeness (QED) is 0.682. The van der Waals surface area contributed by atoms with E-state index >= 15 is 0 Å². The molecule has 15 heavy (non-hydrogen) atoms. The Hall–Kier alpha value is -0.570. The van der Waals surface area contributed by atoms with Gasteiger partial charge in [-0.25, -0.2) is 0 Å². The maximum atomic E-state index is 11.8. The molecule has 0 aromatic carbocycles. The van der Waals surface area contributed by atoms with Gasteiger partial charge in [-0.3, -0.25) is 4.79 Å². The van der Waals surface area contributed by atoms with E-state index in [-0.39, 0.29) is 6.04 Å². The third-order valence-electron chi connectivity index (χ3n) is 5.24. The van der Waals surface area contributed by atoms with Crippen LogP contribution in [-0.4, -0.2) is 29.4 Å². The minimum absolute atomic E-state index is 0.108. The highest BCUT2D eigenvalue weighted by molar-refractivity contribution is 5.80. The van der Waals surface area contributed by atoms with E-state index in [1.807, 2.05) is 0 Å². The van der Waals surface area contributed by atoms with Gasteiger partial charge in [-0.2, -0.15) is 0 Å². The third kappa shape index (κ3) is 0.975. The number of carbonyl (C=O) groups is 1. The zero-order valence-corrected chi connectivity index (χ0v) is 8.93. The Morgan fingerprint density at radius 1 is 1.20 bits per heavy atom. The van der Waals surface area contributed by atoms with Crippen LogP contribution >= 0.6 is 0 Å². The van der Waals surface area contributed by atoms with Gasteiger partial charge in [-0.15, -0.1) is 0 Å². The van der Waals surface area contributed by atoms with Crippen molar-refractivity contribution < 1.29 is 4.79 Å². The summed E-state index contributed by atoms with van der Waals surface area (Å²) in [6.07, 6.45) is 4.90. The van der Waals surface area contributed by atoms with Gasteiger partial charge in [0.15, 0.2) is 0 Å². The predicted octanol–water partition coefficient (Wildman–Crippen LogP) is 0.590. The zero-order valence-electron chi connectivity index (χ0n) is 8.93. The van der Waals surface area contributed by atoms with Crippen molar-refractivity contribution in [3.8, 4) is 0 Å². The van der Waals surface area contributed by atoms with Crippen LogP contribution in [0, 0.1) is 23.7 Å². The van der Waals surface area contributed by atoms with Gasteiger partial charge >= 0.3 is 0 Å². The van der Waals surface area contributed by atoms with E-state index in [2.05, 4.69) is 4.90 Å². The van der Waals surface area contributed by atoms with Gasteiger partial charge in [0, 0.05) is 25.0 Å². The lowest BCUT2D eigenvalue weighted by atomic mass is 10.0. The molecule has 4 rings (SSSR count). The van der Waals surface area contributed by atoms with Crippen molar-refractivity contribution in [2.75, 3.05) is 6.54 Å². The molecule has 4 fully saturated rings. The zero-order chi connectivity index (χ0) is 10.2. The van der Waals surface area contributed by atoms with Gasteiger partial charge in [0.2, 0.25) is 5.91 Å². The minimum atomic E-state index is 0.108. The maximum Gasteiger partial charge on any atom is 0.224 e. The van der Waals surface area contributed by atoms with Crippen LogP contribution in [0.5, 0.6) is 0 Å². The number of carbonyl (C=O) groups excluding carboxylic acids is 1. The second kappa shape index (κ2) is 2.57. The molecule has 3 saturated carbocycles. The molecule has 82 valence electrons. The second-order valence-corrected chi connectivity index (χ2v) is 5.99. The third-order valence-corrected chi connectivity index (χ3v) is 5.24. The van der Waals surface area contributed by atoms with Crippen molar-refractivity contribution in [2.24, 2.45) is 29.4 Å². The Labute approximate surface area is 90.0 Å². The van der Waals surface area contributed by atoms with E-state index in [4.69, 9.17) is 5.73 Å². The van der Waals surface area contributed by atoms with Gasteiger partial charge in [0.25, 0.3) is 0 Å². The first-order chi connectivity index (χ1) is 7.25. The Kier molecular flexibility index (Phi) is 1.47. The fourth-order valence-electron chi connectivity index (χ4n) is 4.74. The first kappa shape index (κ1) is 8.57. The molecule has 3 nitrogen and oxygen atoms in total. The van der Waals surface area contributed by atoms with Crippen molar-refractivity contribution in [2.45, 2.75) is 37.8 Å². The monoisotopic (exact) mass is 206 g/mol. The molecule has 5 atom stereocenters. The summed E-state index contributed by atoms with van der Waals surface area (Å²) in [6.45, 7) is 0.829. The molecule has 1 saturated heterocycles. The van der Waals surface area contributed by atoms with E-state index in [0.717, 1.165) is 30.2 Å². The predicted molar refractivity (Wildman–Crippen MR) is 55.9 cm³/mol. The maximum absolute atomic E-state index is 11.8. The first-order valence-electron chi connectivity index (χ1n) is 6.31. The number of hydrogen-bond donors (Lipinski definition) is 1. The van der Waals surface area contributed by atoms with Gasteiger partial charge in [-0.1, -0.05) is 0 Å². The van der Waals surface area contributed by atoms with Gasteiger partial charge in [0.1, 0.15) is 0 Å². The van der Waals surface area contributed by atoms with Crippen molar-refractivity contribution in [3.63, 3.8) is 0 Å². The summed E-state index contributed by atoms with van der Waals surface area (Å²) in [7, 11) is 0. The highest BCUT2D eigenvalue weighted by Crippen LogP contribution is 2.67. The number of likely N-dealkylation sites (tertiary alicyclic amines) is 1. The van der Waals surface area contributed by atoms with Crippen LogP contribution in [0.25, 0.3) is 0 Å². The molecule has 3 heteroatoms. The van der Waals surface area contributed by atoms with E-state index < -0.39 is 0 Å². The van der Waals surface area contributed by atoms with Crippen molar-refractivity contribution in [1.82, 2.24) is 4.90 Å². The lowest BCUT2D eigenvalue weighted by Gasteiger charge is -2.20. The molecule has 5 unspecified atom stereocenters. The molecule has 4 aliphatic rings. The van der Waals surface area contributed by atoms with Crippen LogP contribution in [0.4, 0.5) is 0 Å². The average molecular weight is 206 g/mol. The summed E-state index contributed by atoms with van der Waals surface area (Å²) < 4.78 is 0. The molecule has 1 heterocycles. The van der Waals surface area contributed by atoms with Crippen LogP contribution < -0.4 is 5.73 Å². The van der Waals surface area contributed by atoms with E-state index in [9.17, 15) is 4.79 Å². The number of nitrogens with zero attached hydrogens (tertiary/aromatic N) is 1. The van der Waals surface area contributed by atoms with Crippen molar-refractivity contribution in [1.29, 1.82) is 0 Å². The fraction of sp³-hybridized carbons (Fsp3) is 0.917. The molecule has 1 amide bonds. The summed E-state index contributed by atoms with van der Waals surface area (Å²) >= 11 is 0. The molecule has 0 aromatic heterocycles. The standard InChI is InChI=1S/C12H18N2O/c13-8-4-9(15)14(5-8)12-10-6-1-2-7(3-6)11(10)12/h6-8,10-12H,1-5,13H2.